The van der Waals surface area contributed by atoms with Gasteiger partial charge in [0.1, 0.15) is 5.75 Å². The van der Waals surface area contributed by atoms with Crippen LogP contribution >= 0.6 is 0 Å². The molecule has 6 nitrogen and oxygen atoms in total. The number of rotatable bonds is 5. The molecule has 0 bridgehead atoms. The van der Waals surface area contributed by atoms with Crippen molar-refractivity contribution in [3.8, 4) is 5.75 Å². The van der Waals surface area contributed by atoms with Gasteiger partial charge in [0.2, 0.25) is 0 Å². The molecule has 1 atom stereocenters. The molecule has 0 unspecified atom stereocenters. The standard InChI is InChI=1S/C16H22N2O4/c1-11(2)22-13-7-5-12(6-8-13)18-16(20)15(19)17-10-14-4-3-9-21-14/h5-8,11,14H,3-4,9-10H2,1-2H3,(H,17,19)(H,18,20)/t14-/m1/s1. The van der Waals surface area contributed by atoms with Gasteiger partial charge in [-0.1, -0.05) is 0 Å². The van der Waals surface area contributed by atoms with Crippen molar-refractivity contribution in [1.29, 1.82) is 0 Å². The molecule has 1 aromatic carbocycles. The number of anilines is 1. The maximum atomic E-state index is 11.8. The van der Waals surface area contributed by atoms with Gasteiger partial charge in [0.15, 0.2) is 0 Å². The Labute approximate surface area is 130 Å². The summed E-state index contributed by atoms with van der Waals surface area (Å²) >= 11 is 0. The van der Waals surface area contributed by atoms with E-state index in [1.165, 1.54) is 0 Å². The Morgan fingerprint density at radius 1 is 1.27 bits per heavy atom. The first kappa shape index (κ1) is 16.3. The Kier molecular flexibility index (Phi) is 5.77. The Balaban J connectivity index is 1.78. The largest absolute Gasteiger partial charge is 0.491 e. The minimum Gasteiger partial charge on any atom is -0.491 e. The molecule has 6 heteroatoms. The van der Waals surface area contributed by atoms with Gasteiger partial charge in [-0.05, 0) is 51.0 Å². The molecule has 1 saturated heterocycles. The lowest BCUT2D eigenvalue weighted by atomic mass is 10.2. The van der Waals surface area contributed by atoms with E-state index in [2.05, 4.69) is 10.6 Å². The van der Waals surface area contributed by atoms with E-state index in [1.807, 2.05) is 13.8 Å². The summed E-state index contributed by atoms with van der Waals surface area (Å²) in [6.07, 6.45) is 2.02. The van der Waals surface area contributed by atoms with E-state index in [1.54, 1.807) is 24.3 Å². The van der Waals surface area contributed by atoms with Crippen LogP contribution in [0.2, 0.25) is 0 Å². The highest BCUT2D eigenvalue weighted by Crippen LogP contribution is 2.16. The molecule has 2 rings (SSSR count). The lowest BCUT2D eigenvalue weighted by Gasteiger charge is -2.12. The van der Waals surface area contributed by atoms with Gasteiger partial charge < -0.3 is 20.1 Å². The van der Waals surface area contributed by atoms with Crippen LogP contribution in [0.15, 0.2) is 24.3 Å². The number of carbonyl (C=O) groups is 2. The molecule has 0 spiro atoms. The lowest BCUT2D eigenvalue weighted by Crippen LogP contribution is -2.39. The molecule has 1 heterocycles. The number of hydrogen-bond donors (Lipinski definition) is 2. The third-order valence-corrected chi connectivity index (χ3v) is 3.20. The van der Waals surface area contributed by atoms with Gasteiger partial charge in [-0.25, -0.2) is 0 Å². The first-order chi connectivity index (χ1) is 10.5. The van der Waals surface area contributed by atoms with Crippen molar-refractivity contribution in [3.05, 3.63) is 24.3 Å². The van der Waals surface area contributed by atoms with Crippen LogP contribution in [0.5, 0.6) is 5.75 Å². The second-order valence-corrected chi connectivity index (χ2v) is 5.49. The van der Waals surface area contributed by atoms with Crippen LogP contribution in [0, 0.1) is 0 Å². The molecule has 1 aromatic rings. The first-order valence-electron chi connectivity index (χ1n) is 7.52. The summed E-state index contributed by atoms with van der Waals surface area (Å²) in [5.74, 6) is -0.621. The van der Waals surface area contributed by atoms with Crippen molar-refractivity contribution >= 4 is 17.5 Å². The van der Waals surface area contributed by atoms with Crippen LogP contribution in [0.4, 0.5) is 5.69 Å². The summed E-state index contributed by atoms with van der Waals surface area (Å²) in [5, 5.41) is 5.13. The molecule has 22 heavy (non-hydrogen) atoms. The summed E-state index contributed by atoms with van der Waals surface area (Å²) in [4.78, 5) is 23.5. The molecule has 0 aliphatic carbocycles. The molecule has 2 N–H and O–H groups in total. The Bertz CT molecular complexity index is 507. The van der Waals surface area contributed by atoms with Gasteiger partial charge in [-0.15, -0.1) is 0 Å². The molecular formula is C16H22N2O4. The quantitative estimate of drug-likeness (QED) is 0.812. The van der Waals surface area contributed by atoms with Crippen molar-refractivity contribution in [2.45, 2.75) is 38.9 Å². The molecule has 0 saturated carbocycles. The van der Waals surface area contributed by atoms with Gasteiger partial charge in [0, 0.05) is 18.8 Å². The Morgan fingerprint density at radius 3 is 2.59 bits per heavy atom. The average molecular weight is 306 g/mol. The van der Waals surface area contributed by atoms with E-state index in [9.17, 15) is 9.59 Å². The molecule has 0 aromatic heterocycles. The summed E-state index contributed by atoms with van der Waals surface area (Å²) in [5.41, 5.74) is 0.549. The summed E-state index contributed by atoms with van der Waals surface area (Å²) < 4.78 is 10.9. The fraction of sp³-hybridized carbons (Fsp3) is 0.500. The number of carbonyl (C=O) groups excluding carboxylic acids is 2. The second kappa shape index (κ2) is 7.79. The predicted molar refractivity (Wildman–Crippen MR) is 82.8 cm³/mol. The van der Waals surface area contributed by atoms with E-state index < -0.39 is 11.8 Å². The monoisotopic (exact) mass is 306 g/mol. The molecule has 120 valence electrons. The van der Waals surface area contributed by atoms with Crippen LogP contribution in [0.3, 0.4) is 0 Å². The average Bonchev–Trinajstić information content (AvgIpc) is 2.99. The van der Waals surface area contributed by atoms with Crippen molar-refractivity contribution in [3.63, 3.8) is 0 Å². The van der Waals surface area contributed by atoms with E-state index in [0.29, 0.717) is 12.2 Å². The van der Waals surface area contributed by atoms with E-state index >= 15 is 0 Å². The maximum absolute atomic E-state index is 11.8. The summed E-state index contributed by atoms with van der Waals surface area (Å²) in [7, 11) is 0. The van der Waals surface area contributed by atoms with E-state index in [4.69, 9.17) is 9.47 Å². The molecular weight excluding hydrogens is 284 g/mol. The smallest absolute Gasteiger partial charge is 0.313 e. The molecule has 1 fully saturated rings. The second-order valence-electron chi connectivity index (χ2n) is 5.49. The first-order valence-corrected chi connectivity index (χ1v) is 7.52. The SMILES string of the molecule is CC(C)Oc1ccc(NC(=O)C(=O)NC[C@H]2CCCO2)cc1. The highest BCUT2D eigenvalue weighted by atomic mass is 16.5. The van der Waals surface area contributed by atoms with Gasteiger partial charge in [-0.2, -0.15) is 0 Å². The predicted octanol–water partition coefficient (Wildman–Crippen LogP) is 1.71. The summed E-state index contributed by atoms with van der Waals surface area (Å²) in [6, 6.07) is 6.89. The maximum Gasteiger partial charge on any atom is 0.313 e. The highest BCUT2D eigenvalue weighted by Gasteiger charge is 2.19. The highest BCUT2D eigenvalue weighted by molar-refractivity contribution is 6.39. The molecule has 2 amide bonds. The Morgan fingerprint density at radius 2 is 2.00 bits per heavy atom. The topological polar surface area (TPSA) is 76.7 Å². The fourth-order valence-electron chi connectivity index (χ4n) is 2.17. The van der Waals surface area contributed by atoms with Crippen molar-refractivity contribution < 1.29 is 19.1 Å². The third kappa shape index (κ3) is 5.04. The normalized spacial score (nSPS) is 17.3. The van der Waals surface area contributed by atoms with Gasteiger partial charge in [0.05, 0.1) is 12.2 Å². The van der Waals surface area contributed by atoms with Crippen molar-refractivity contribution in [1.82, 2.24) is 5.32 Å². The third-order valence-electron chi connectivity index (χ3n) is 3.20. The number of amides is 2. The number of benzene rings is 1. The van der Waals surface area contributed by atoms with E-state index in [-0.39, 0.29) is 12.2 Å². The zero-order chi connectivity index (χ0) is 15.9. The number of hydrogen-bond acceptors (Lipinski definition) is 4. The molecule has 0 radical (unpaired) electrons. The van der Waals surface area contributed by atoms with Crippen molar-refractivity contribution in [2.75, 3.05) is 18.5 Å². The van der Waals surface area contributed by atoms with Crippen LogP contribution in [-0.2, 0) is 14.3 Å². The summed E-state index contributed by atoms with van der Waals surface area (Å²) in [6.45, 7) is 4.97. The van der Waals surface area contributed by atoms with Crippen molar-refractivity contribution in [2.24, 2.45) is 0 Å². The van der Waals surface area contributed by atoms with Crippen LogP contribution in [0.25, 0.3) is 0 Å². The van der Waals surface area contributed by atoms with Crippen LogP contribution < -0.4 is 15.4 Å². The van der Waals surface area contributed by atoms with Gasteiger partial charge in [0.25, 0.3) is 0 Å². The zero-order valence-electron chi connectivity index (χ0n) is 12.9. The minimum atomic E-state index is -0.685. The van der Waals surface area contributed by atoms with Crippen LogP contribution in [0.1, 0.15) is 26.7 Å². The van der Waals surface area contributed by atoms with Gasteiger partial charge >= 0.3 is 11.8 Å². The Hall–Kier alpha value is -2.08. The number of nitrogens with one attached hydrogen (secondary N) is 2. The minimum absolute atomic E-state index is 0.0178. The van der Waals surface area contributed by atoms with Crippen LogP contribution in [-0.4, -0.2) is 37.2 Å². The molecule has 1 aliphatic rings. The molecule has 1 aliphatic heterocycles. The fourth-order valence-corrected chi connectivity index (χ4v) is 2.17. The zero-order valence-corrected chi connectivity index (χ0v) is 12.9. The van der Waals surface area contributed by atoms with E-state index in [0.717, 1.165) is 25.2 Å². The lowest BCUT2D eigenvalue weighted by molar-refractivity contribution is -0.136. The van der Waals surface area contributed by atoms with Gasteiger partial charge in [-0.3, -0.25) is 9.59 Å². The number of ether oxygens (including phenoxy) is 2.